The summed E-state index contributed by atoms with van der Waals surface area (Å²) in [5.74, 6) is 0.337. The van der Waals surface area contributed by atoms with Crippen LogP contribution in [0.3, 0.4) is 0 Å². The lowest BCUT2D eigenvalue weighted by Crippen LogP contribution is -2.18. The summed E-state index contributed by atoms with van der Waals surface area (Å²) < 4.78 is 18.7. The molecule has 0 aliphatic rings. The smallest absolute Gasteiger partial charge is 0.127 e. The molecule has 0 spiro atoms. The molecule has 0 aromatic heterocycles. The van der Waals surface area contributed by atoms with Crippen LogP contribution in [0.25, 0.3) is 0 Å². The van der Waals surface area contributed by atoms with E-state index in [0.29, 0.717) is 12.4 Å². The SMILES string of the molecule is CC=CCOc1cc(F)ccc1C(C)NCC. The average molecular weight is 237 g/mol. The topological polar surface area (TPSA) is 21.3 Å². The maximum atomic E-state index is 13.2. The van der Waals surface area contributed by atoms with E-state index in [1.165, 1.54) is 12.1 Å². The minimum absolute atomic E-state index is 0.154. The molecule has 0 aliphatic heterocycles. The number of nitrogens with one attached hydrogen (secondary N) is 1. The molecule has 1 aromatic rings. The van der Waals surface area contributed by atoms with Crippen LogP contribution in [0.5, 0.6) is 5.75 Å². The largest absolute Gasteiger partial charge is 0.489 e. The number of benzene rings is 1. The fourth-order valence-electron chi connectivity index (χ4n) is 1.64. The summed E-state index contributed by atoms with van der Waals surface area (Å²) in [6.45, 7) is 7.34. The molecule has 0 saturated carbocycles. The van der Waals surface area contributed by atoms with Crippen molar-refractivity contribution in [2.75, 3.05) is 13.2 Å². The minimum atomic E-state index is -0.270. The highest BCUT2D eigenvalue weighted by atomic mass is 19.1. The molecule has 0 heterocycles. The third-order valence-electron chi connectivity index (χ3n) is 2.52. The van der Waals surface area contributed by atoms with Gasteiger partial charge in [-0.25, -0.2) is 4.39 Å². The second-order valence-corrected chi connectivity index (χ2v) is 3.84. The number of allylic oxidation sites excluding steroid dienone is 1. The summed E-state index contributed by atoms with van der Waals surface area (Å²) in [6.07, 6.45) is 3.80. The molecule has 1 rings (SSSR count). The van der Waals surface area contributed by atoms with Gasteiger partial charge in [-0.2, -0.15) is 0 Å². The molecule has 2 nitrogen and oxygen atoms in total. The lowest BCUT2D eigenvalue weighted by molar-refractivity contribution is 0.351. The molecule has 0 bridgehead atoms. The summed E-state index contributed by atoms with van der Waals surface area (Å²) in [4.78, 5) is 0. The zero-order valence-corrected chi connectivity index (χ0v) is 10.7. The number of halogens is 1. The summed E-state index contributed by atoms with van der Waals surface area (Å²) in [7, 11) is 0. The van der Waals surface area contributed by atoms with Gasteiger partial charge in [0, 0.05) is 17.7 Å². The van der Waals surface area contributed by atoms with Crippen LogP contribution in [0.4, 0.5) is 4.39 Å². The van der Waals surface area contributed by atoms with E-state index in [-0.39, 0.29) is 11.9 Å². The van der Waals surface area contributed by atoms with Gasteiger partial charge in [0.2, 0.25) is 0 Å². The summed E-state index contributed by atoms with van der Waals surface area (Å²) in [5.41, 5.74) is 0.984. The predicted octanol–water partition coefficient (Wildman–Crippen LogP) is 3.45. The normalized spacial score (nSPS) is 12.9. The Bertz CT molecular complexity index is 376. The Labute approximate surface area is 102 Å². The van der Waals surface area contributed by atoms with Crippen molar-refractivity contribution < 1.29 is 9.13 Å². The van der Waals surface area contributed by atoms with Crippen LogP contribution in [0, 0.1) is 5.82 Å². The first-order valence-electron chi connectivity index (χ1n) is 5.95. The van der Waals surface area contributed by atoms with Crippen LogP contribution >= 0.6 is 0 Å². The zero-order chi connectivity index (χ0) is 12.7. The molecule has 1 N–H and O–H groups in total. The van der Waals surface area contributed by atoms with Crippen LogP contribution < -0.4 is 10.1 Å². The van der Waals surface area contributed by atoms with Crippen molar-refractivity contribution in [2.24, 2.45) is 0 Å². The molecule has 1 atom stereocenters. The van der Waals surface area contributed by atoms with E-state index < -0.39 is 0 Å². The van der Waals surface area contributed by atoms with Crippen molar-refractivity contribution >= 4 is 0 Å². The summed E-state index contributed by atoms with van der Waals surface area (Å²) in [6, 6.07) is 4.83. The second kappa shape index (κ2) is 7.07. The van der Waals surface area contributed by atoms with E-state index in [9.17, 15) is 4.39 Å². The molecule has 0 saturated heterocycles. The van der Waals surface area contributed by atoms with Gasteiger partial charge >= 0.3 is 0 Å². The Kier molecular flexibility index (Phi) is 5.70. The molecule has 0 fully saturated rings. The van der Waals surface area contributed by atoms with Crippen molar-refractivity contribution in [1.82, 2.24) is 5.32 Å². The number of ether oxygens (including phenoxy) is 1. The van der Waals surface area contributed by atoms with Crippen LogP contribution in [0.2, 0.25) is 0 Å². The summed E-state index contributed by atoms with van der Waals surface area (Å²) >= 11 is 0. The summed E-state index contributed by atoms with van der Waals surface area (Å²) in [5, 5.41) is 3.29. The van der Waals surface area contributed by atoms with Crippen molar-refractivity contribution in [2.45, 2.75) is 26.8 Å². The maximum absolute atomic E-state index is 13.2. The zero-order valence-electron chi connectivity index (χ0n) is 10.7. The molecule has 3 heteroatoms. The van der Waals surface area contributed by atoms with Gasteiger partial charge in [-0.3, -0.25) is 0 Å². The molecule has 17 heavy (non-hydrogen) atoms. The molecule has 94 valence electrons. The quantitative estimate of drug-likeness (QED) is 0.765. The molecular formula is C14H20FNO. The second-order valence-electron chi connectivity index (χ2n) is 3.84. The highest BCUT2D eigenvalue weighted by molar-refractivity contribution is 5.36. The average Bonchev–Trinajstić information content (AvgIpc) is 2.30. The Hall–Kier alpha value is -1.35. The van der Waals surface area contributed by atoms with E-state index >= 15 is 0 Å². The first-order chi connectivity index (χ1) is 8.19. The molecule has 0 amide bonds. The highest BCUT2D eigenvalue weighted by Gasteiger charge is 2.11. The van der Waals surface area contributed by atoms with Crippen molar-refractivity contribution in [3.63, 3.8) is 0 Å². The monoisotopic (exact) mass is 237 g/mol. The standard InChI is InChI=1S/C14H20FNO/c1-4-6-9-17-14-10-12(15)7-8-13(14)11(3)16-5-2/h4,6-8,10-11,16H,5,9H2,1-3H3. The van der Waals surface area contributed by atoms with Gasteiger partial charge in [0.15, 0.2) is 0 Å². The van der Waals surface area contributed by atoms with Gasteiger partial charge in [-0.1, -0.05) is 25.1 Å². The first-order valence-corrected chi connectivity index (χ1v) is 5.95. The van der Waals surface area contributed by atoms with Crippen LogP contribution in [-0.4, -0.2) is 13.2 Å². The Morgan fingerprint density at radius 2 is 2.24 bits per heavy atom. The number of hydrogen-bond donors (Lipinski definition) is 1. The van der Waals surface area contributed by atoms with E-state index in [1.807, 2.05) is 32.9 Å². The first kappa shape index (κ1) is 13.7. The van der Waals surface area contributed by atoms with E-state index in [1.54, 1.807) is 6.07 Å². The van der Waals surface area contributed by atoms with E-state index in [2.05, 4.69) is 5.32 Å². The maximum Gasteiger partial charge on any atom is 0.127 e. The third kappa shape index (κ3) is 4.19. The molecule has 1 aromatic carbocycles. The minimum Gasteiger partial charge on any atom is -0.489 e. The van der Waals surface area contributed by atoms with E-state index in [0.717, 1.165) is 12.1 Å². The van der Waals surface area contributed by atoms with Crippen molar-refractivity contribution in [3.8, 4) is 5.75 Å². The van der Waals surface area contributed by atoms with Gasteiger partial charge < -0.3 is 10.1 Å². The Balaban J connectivity index is 2.86. The fourth-order valence-corrected chi connectivity index (χ4v) is 1.64. The van der Waals surface area contributed by atoms with E-state index in [4.69, 9.17) is 4.74 Å². The van der Waals surface area contributed by atoms with Gasteiger partial charge in [-0.05, 0) is 26.5 Å². The number of hydrogen-bond acceptors (Lipinski definition) is 2. The number of rotatable bonds is 6. The molecule has 0 radical (unpaired) electrons. The van der Waals surface area contributed by atoms with Gasteiger partial charge in [0.1, 0.15) is 18.2 Å². The molecular weight excluding hydrogens is 217 g/mol. The van der Waals surface area contributed by atoms with Crippen LogP contribution in [0.1, 0.15) is 32.4 Å². The highest BCUT2D eigenvalue weighted by Crippen LogP contribution is 2.26. The van der Waals surface area contributed by atoms with Crippen molar-refractivity contribution in [3.05, 3.63) is 41.7 Å². The van der Waals surface area contributed by atoms with Crippen LogP contribution in [0.15, 0.2) is 30.4 Å². The van der Waals surface area contributed by atoms with Crippen molar-refractivity contribution in [1.29, 1.82) is 0 Å². The predicted molar refractivity (Wildman–Crippen MR) is 68.8 cm³/mol. The Morgan fingerprint density at radius 3 is 2.88 bits per heavy atom. The Morgan fingerprint density at radius 1 is 1.47 bits per heavy atom. The van der Waals surface area contributed by atoms with Gasteiger partial charge in [0.05, 0.1) is 0 Å². The lowest BCUT2D eigenvalue weighted by atomic mass is 10.1. The molecule has 1 unspecified atom stereocenters. The third-order valence-corrected chi connectivity index (χ3v) is 2.52. The molecule has 0 aliphatic carbocycles. The van der Waals surface area contributed by atoms with Gasteiger partial charge in [0.25, 0.3) is 0 Å². The van der Waals surface area contributed by atoms with Crippen LogP contribution in [-0.2, 0) is 0 Å². The van der Waals surface area contributed by atoms with Gasteiger partial charge in [-0.15, -0.1) is 0 Å². The lowest BCUT2D eigenvalue weighted by Gasteiger charge is -2.17. The fraction of sp³-hybridized carbons (Fsp3) is 0.429.